The second-order valence-electron chi connectivity index (χ2n) is 15.6. The number of rotatable bonds is 2. The van der Waals surface area contributed by atoms with Gasteiger partial charge in [0.2, 0.25) is 0 Å². The van der Waals surface area contributed by atoms with Crippen molar-refractivity contribution in [3.05, 3.63) is 143 Å². The molecule has 2 aromatic heterocycles. The van der Waals surface area contributed by atoms with Crippen molar-refractivity contribution in [2.45, 2.75) is 52.4 Å². The Morgan fingerprint density at radius 1 is 0.408 bits per heavy atom. The minimum Gasteiger partial charge on any atom is -0.308 e. The van der Waals surface area contributed by atoms with Crippen LogP contribution < -0.4 is 0 Å². The van der Waals surface area contributed by atoms with Gasteiger partial charge in [-0.05, 0) is 103 Å². The fourth-order valence-corrected chi connectivity index (χ4v) is 8.40. The summed E-state index contributed by atoms with van der Waals surface area (Å²) in [4.78, 5) is 0. The second-order valence-corrected chi connectivity index (χ2v) is 16.4. The average molecular weight is 700 g/mol. The summed E-state index contributed by atoms with van der Waals surface area (Å²) in [7, 11) is 0. The number of nitrogens with zero attached hydrogens (tertiary/aromatic N) is 2. The normalized spacial score (nSPS) is 12.8. The van der Waals surface area contributed by atoms with Gasteiger partial charge in [-0.15, -0.1) is 0 Å². The van der Waals surface area contributed by atoms with Crippen molar-refractivity contribution < 1.29 is 0 Å². The zero-order valence-electron chi connectivity index (χ0n) is 28.9. The van der Waals surface area contributed by atoms with Crippen LogP contribution in [0, 0.1) is 0 Å². The number of hydrogen-bond donors (Lipinski definition) is 0. The lowest BCUT2D eigenvalue weighted by Crippen LogP contribution is -2.10. The third-order valence-corrected chi connectivity index (χ3v) is 11.3. The van der Waals surface area contributed by atoms with Gasteiger partial charge in [0.25, 0.3) is 0 Å². The minimum absolute atomic E-state index is 0.0498. The quantitative estimate of drug-likeness (QED) is 0.170. The molecular weight excluding hydrogens is 660 g/mol. The monoisotopic (exact) mass is 698 g/mol. The number of hydrogen-bond acceptors (Lipinski definition) is 0. The van der Waals surface area contributed by atoms with E-state index < -0.39 is 0 Å². The topological polar surface area (TPSA) is 9.86 Å². The summed E-state index contributed by atoms with van der Waals surface area (Å²) in [5.74, 6) is 0. The van der Waals surface area contributed by atoms with Gasteiger partial charge in [0.15, 0.2) is 0 Å². The number of halogens is 1. The molecule has 2 nitrogen and oxygen atoms in total. The van der Waals surface area contributed by atoms with Gasteiger partial charge in [0, 0.05) is 26.9 Å². The Morgan fingerprint density at radius 3 is 1.55 bits per heavy atom. The van der Waals surface area contributed by atoms with Gasteiger partial charge in [0.1, 0.15) is 0 Å². The molecule has 240 valence electrons. The van der Waals surface area contributed by atoms with Crippen LogP contribution in [0.3, 0.4) is 0 Å². The third kappa shape index (κ3) is 4.59. The van der Waals surface area contributed by atoms with E-state index in [9.17, 15) is 0 Å². The molecule has 0 spiro atoms. The van der Waals surface area contributed by atoms with E-state index in [1.54, 1.807) is 0 Å². The highest BCUT2D eigenvalue weighted by Crippen LogP contribution is 2.43. The molecule has 0 amide bonds. The van der Waals surface area contributed by atoms with Crippen molar-refractivity contribution in [2.75, 3.05) is 0 Å². The van der Waals surface area contributed by atoms with Gasteiger partial charge in [-0.3, -0.25) is 0 Å². The maximum atomic E-state index is 4.23. The lowest BCUT2D eigenvalue weighted by atomic mass is 9.85. The molecule has 9 rings (SSSR count). The van der Waals surface area contributed by atoms with Crippen LogP contribution in [0.5, 0.6) is 0 Å². The fraction of sp³-hybridized carbons (Fsp3) is 0.174. The molecule has 0 aliphatic heterocycles. The first-order valence-electron chi connectivity index (χ1n) is 17.2. The van der Waals surface area contributed by atoms with Crippen LogP contribution in [0.25, 0.3) is 76.5 Å². The largest absolute Gasteiger partial charge is 0.308 e. The molecule has 0 N–H and O–H groups in total. The Labute approximate surface area is 295 Å². The first kappa shape index (κ1) is 30.2. The van der Waals surface area contributed by atoms with E-state index in [1.807, 2.05) is 0 Å². The molecule has 0 saturated carbocycles. The van der Waals surface area contributed by atoms with Crippen LogP contribution >= 0.6 is 15.9 Å². The molecule has 0 aliphatic carbocycles. The molecule has 0 saturated heterocycles. The SMILES string of the molecule is CC(C)(C)c1ccc2c(c1)c1cc(C(C)(C)C)ccc1n2-c1cccc(-n2c3cc4ccccc4cc3c3ccc4ccccc4c32)c1Br. The molecule has 49 heavy (non-hydrogen) atoms. The highest BCUT2D eigenvalue weighted by molar-refractivity contribution is 9.10. The van der Waals surface area contributed by atoms with Crippen LogP contribution in [0.15, 0.2) is 132 Å². The van der Waals surface area contributed by atoms with Gasteiger partial charge < -0.3 is 9.13 Å². The zero-order valence-corrected chi connectivity index (χ0v) is 30.5. The maximum absolute atomic E-state index is 4.23. The van der Waals surface area contributed by atoms with Gasteiger partial charge >= 0.3 is 0 Å². The minimum atomic E-state index is 0.0498. The molecule has 0 aliphatic rings. The molecular formula is C46H39BrN2. The Balaban J connectivity index is 1.39. The first-order chi connectivity index (χ1) is 23.5. The van der Waals surface area contributed by atoms with E-state index >= 15 is 0 Å². The number of aromatic nitrogens is 2. The molecule has 0 bridgehead atoms. The van der Waals surface area contributed by atoms with Gasteiger partial charge in [0.05, 0.1) is 37.9 Å². The van der Waals surface area contributed by atoms with Gasteiger partial charge in [-0.1, -0.05) is 120 Å². The molecule has 2 heterocycles. The van der Waals surface area contributed by atoms with Gasteiger partial charge in [-0.25, -0.2) is 0 Å². The van der Waals surface area contributed by atoms with Crippen molar-refractivity contribution in [3.8, 4) is 11.4 Å². The summed E-state index contributed by atoms with van der Waals surface area (Å²) < 4.78 is 6.00. The molecule has 0 radical (unpaired) electrons. The van der Waals surface area contributed by atoms with Gasteiger partial charge in [-0.2, -0.15) is 0 Å². The molecule has 0 atom stereocenters. The van der Waals surface area contributed by atoms with E-state index in [0.717, 1.165) is 15.8 Å². The summed E-state index contributed by atoms with van der Waals surface area (Å²) in [6.45, 7) is 13.8. The highest BCUT2D eigenvalue weighted by Gasteiger charge is 2.24. The van der Waals surface area contributed by atoms with Crippen molar-refractivity contribution in [1.82, 2.24) is 9.13 Å². The van der Waals surface area contributed by atoms with Crippen LogP contribution in [0.4, 0.5) is 0 Å². The standard InChI is InChI=1S/C46H39BrN2/c1-45(2,3)31-19-22-38-36(26-31)37-27-32(46(4,5)6)20-23-39(37)48(38)40-16-11-17-41(43(40)47)49-42-25-30-14-8-7-13-29(30)24-35(42)34-21-18-28-12-9-10-15-33(28)44(34)49/h7-27H,1-6H3. The van der Waals surface area contributed by atoms with E-state index in [4.69, 9.17) is 0 Å². The predicted octanol–water partition coefficient (Wildman–Crippen LogP) is 13.5. The van der Waals surface area contributed by atoms with Crippen molar-refractivity contribution >= 4 is 81.1 Å². The summed E-state index contributed by atoms with van der Waals surface area (Å²) in [6.07, 6.45) is 0. The average Bonchev–Trinajstić information content (AvgIpc) is 3.58. The van der Waals surface area contributed by atoms with Crippen molar-refractivity contribution in [2.24, 2.45) is 0 Å². The number of benzene rings is 7. The van der Waals surface area contributed by atoms with Crippen LogP contribution in [-0.4, -0.2) is 9.13 Å². The van der Waals surface area contributed by atoms with Crippen LogP contribution in [-0.2, 0) is 10.8 Å². The summed E-state index contributed by atoms with van der Waals surface area (Å²) in [6, 6.07) is 47.6. The summed E-state index contributed by atoms with van der Waals surface area (Å²) in [5, 5.41) is 10.1. The van der Waals surface area contributed by atoms with E-state index in [1.165, 1.54) is 76.3 Å². The van der Waals surface area contributed by atoms with Crippen LogP contribution in [0.1, 0.15) is 52.7 Å². The van der Waals surface area contributed by atoms with E-state index in [0.29, 0.717) is 0 Å². The maximum Gasteiger partial charge on any atom is 0.0656 e. The smallest absolute Gasteiger partial charge is 0.0656 e. The molecule has 0 fully saturated rings. The molecule has 9 aromatic rings. The Hall–Kier alpha value is -4.86. The van der Waals surface area contributed by atoms with Crippen molar-refractivity contribution in [1.29, 1.82) is 0 Å². The first-order valence-corrected chi connectivity index (χ1v) is 18.0. The zero-order chi connectivity index (χ0) is 33.8. The Morgan fingerprint density at radius 2 is 0.939 bits per heavy atom. The Kier molecular flexibility index (Phi) is 6.52. The summed E-state index contributed by atoms with van der Waals surface area (Å²) in [5.41, 5.74) is 9.90. The predicted molar refractivity (Wildman–Crippen MR) is 215 cm³/mol. The molecule has 7 aromatic carbocycles. The van der Waals surface area contributed by atoms with Crippen molar-refractivity contribution in [3.63, 3.8) is 0 Å². The van der Waals surface area contributed by atoms with Crippen LogP contribution in [0.2, 0.25) is 0 Å². The third-order valence-electron chi connectivity index (χ3n) is 10.5. The lowest BCUT2D eigenvalue weighted by molar-refractivity contribution is 0.590. The second kappa shape index (κ2) is 10.6. The Bertz CT molecular complexity index is 2730. The molecule has 0 unspecified atom stereocenters. The number of fused-ring (bicyclic) bond motifs is 9. The van der Waals surface area contributed by atoms with E-state index in [2.05, 4.69) is 194 Å². The van der Waals surface area contributed by atoms with E-state index in [-0.39, 0.29) is 10.8 Å². The fourth-order valence-electron chi connectivity index (χ4n) is 7.78. The highest BCUT2D eigenvalue weighted by atomic mass is 79.9. The molecule has 3 heteroatoms. The summed E-state index contributed by atoms with van der Waals surface area (Å²) >= 11 is 4.23. The lowest BCUT2D eigenvalue weighted by Gasteiger charge is -2.19.